The van der Waals surface area contributed by atoms with E-state index < -0.39 is 0 Å². The number of aromatic nitrogens is 4. The maximum atomic E-state index is 11.9. The molecule has 9 nitrogen and oxygen atoms in total. The van der Waals surface area contributed by atoms with Gasteiger partial charge in [0.15, 0.2) is 5.65 Å². The summed E-state index contributed by atoms with van der Waals surface area (Å²) in [6.45, 7) is 2.06. The highest BCUT2D eigenvalue weighted by molar-refractivity contribution is 7.10. The van der Waals surface area contributed by atoms with Crippen LogP contribution < -0.4 is 16.0 Å². The summed E-state index contributed by atoms with van der Waals surface area (Å²) in [7, 11) is 0. The summed E-state index contributed by atoms with van der Waals surface area (Å²) in [5.41, 5.74) is 1.64. The van der Waals surface area contributed by atoms with E-state index in [1.54, 1.807) is 28.1 Å². The molecule has 0 bridgehead atoms. The summed E-state index contributed by atoms with van der Waals surface area (Å²) >= 11 is 1.67. The van der Waals surface area contributed by atoms with Crippen molar-refractivity contribution in [3.63, 3.8) is 0 Å². The van der Waals surface area contributed by atoms with E-state index in [-0.39, 0.29) is 24.3 Å². The van der Waals surface area contributed by atoms with Gasteiger partial charge in [-0.25, -0.2) is 0 Å². The predicted octanol–water partition coefficient (Wildman–Crippen LogP) is 2.36. The number of carbonyl (C=O) groups excluding carboxylic acids is 2. The first-order valence-electron chi connectivity index (χ1n) is 9.44. The topological polar surface area (TPSA) is 113 Å². The van der Waals surface area contributed by atoms with Gasteiger partial charge in [-0.05, 0) is 37.3 Å². The first-order valence-corrected chi connectivity index (χ1v) is 10.3. The third-order valence-electron chi connectivity index (χ3n) is 4.85. The fourth-order valence-corrected chi connectivity index (χ4v) is 3.91. The van der Waals surface area contributed by atoms with Gasteiger partial charge in [-0.15, -0.1) is 11.3 Å². The molecule has 1 aliphatic heterocycles. The molecule has 2 fully saturated rings. The molecule has 1 saturated carbocycles. The van der Waals surface area contributed by atoms with Gasteiger partial charge in [0.25, 0.3) is 5.91 Å². The number of hydrogen-bond acceptors (Lipinski definition) is 8. The van der Waals surface area contributed by atoms with Crippen molar-refractivity contribution in [3.05, 3.63) is 39.7 Å². The van der Waals surface area contributed by atoms with Gasteiger partial charge in [0, 0.05) is 22.1 Å². The lowest BCUT2D eigenvalue weighted by Crippen LogP contribution is -2.19. The summed E-state index contributed by atoms with van der Waals surface area (Å²) in [6.07, 6.45) is 5.57. The molecule has 3 N–H and O–H groups in total. The van der Waals surface area contributed by atoms with Crippen LogP contribution in [0.3, 0.4) is 0 Å². The molecule has 1 atom stereocenters. The number of anilines is 2. The van der Waals surface area contributed by atoms with Crippen LogP contribution in [-0.4, -0.2) is 37.4 Å². The number of imide groups is 1. The lowest BCUT2D eigenvalue weighted by Gasteiger charge is -2.14. The van der Waals surface area contributed by atoms with E-state index in [4.69, 9.17) is 0 Å². The minimum atomic E-state index is -0.371. The Morgan fingerprint density at radius 3 is 2.90 bits per heavy atom. The molecule has 1 aliphatic carbocycles. The number of hydrogen-bond donors (Lipinski definition) is 3. The van der Waals surface area contributed by atoms with Gasteiger partial charge in [-0.2, -0.15) is 19.6 Å². The highest BCUT2D eigenvalue weighted by Gasteiger charge is 2.26. The highest BCUT2D eigenvalue weighted by Crippen LogP contribution is 2.27. The summed E-state index contributed by atoms with van der Waals surface area (Å²) in [5, 5.41) is 15.5. The number of rotatable bonds is 6. The second-order valence-electron chi connectivity index (χ2n) is 7.23. The van der Waals surface area contributed by atoms with E-state index >= 15 is 0 Å². The van der Waals surface area contributed by atoms with Crippen LogP contribution in [0, 0.1) is 0 Å². The zero-order valence-corrected chi connectivity index (χ0v) is 16.5. The van der Waals surface area contributed by atoms with Crippen molar-refractivity contribution >= 4 is 46.8 Å². The van der Waals surface area contributed by atoms with Gasteiger partial charge < -0.3 is 10.6 Å². The van der Waals surface area contributed by atoms with Crippen molar-refractivity contribution in [3.8, 4) is 0 Å². The van der Waals surface area contributed by atoms with E-state index in [9.17, 15) is 9.59 Å². The van der Waals surface area contributed by atoms with Crippen LogP contribution in [0.5, 0.6) is 0 Å². The minimum Gasteiger partial charge on any atom is -0.351 e. The molecule has 0 aromatic carbocycles. The van der Waals surface area contributed by atoms with Crippen LogP contribution in [0.2, 0.25) is 0 Å². The third kappa shape index (κ3) is 3.58. The Hall–Kier alpha value is -3.27. The van der Waals surface area contributed by atoms with Crippen molar-refractivity contribution in [2.24, 2.45) is 0 Å². The molecule has 3 aromatic rings. The number of nitrogens with zero attached hydrogens (tertiary/aromatic N) is 4. The summed E-state index contributed by atoms with van der Waals surface area (Å²) < 4.78 is 1.64. The standard InChI is InChI=1S/C19H19N7O2S/c1-10(14-3-2-6-29-14)21-18-24-16-12(7-11-8-15(27)23-17(11)28)9-20-26(16)19(25-18)22-13-4-5-13/h2-3,6-7,9-10,13H,4-5,8H2,1H3,(H,23,27,28)(H2,21,22,24,25)/b11-7+. The Labute approximate surface area is 170 Å². The molecule has 4 heterocycles. The van der Waals surface area contributed by atoms with E-state index in [2.05, 4.69) is 44.0 Å². The zero-order chi connectivity index (χ0) is 20.0. The fraction of sp³-hybridized carbons (Fsp3) is 0.316. The quantitative estimate of drug-likeness (QED) is 0.423. The summed E-state index contributed by atoms with van der Waals surface area (Å²) in [5.74, 6) is 0.420. The molecule has 1 saturated heterocycles. The average molecular weight is 409 g/mol. The molecule has 148 valence electrons. The molecule has 2 aliphatic rings. The molecule has 1 unspecified atom stereocenters. The second-order valence-corrected chi connectivity index (χ2v) is 8.21. The maximum Gasteiger partial charge on any atom is 0.254 e. The van der Waals surface area contributed by atoms with Gasteiger partial charge in [0.05, 0.1) is 18.7 Å². The van der Waals surface area contributed by atoms with E-state index in [1.165, 1.54) is 4.88 Å². The monoisotopic (exact) mass is 409 g/mol. The van der Waals surface area contributed by atoms with Gasteiger partial charge in [0.2, 0.25) is 17.8 Å². The molecular formula is C19H19N7O2S. The summed E-state index contributed by atoms with van der Waals surface area (Å²) in [4.78, 5) is 33.9. The van der Waals surface area contributed by atoms with Crippen molar-refractivity contribution in [2.75, 3.05) is 10.6 Å². The average Bonchev–Trinajstić information content (AvgIpc) is 3.07. The van der Waals surface area contributed by atoms with Crippen molar-refractivity contribution in [1.82, 2.24) is 24.9 Å². The highest BCUT2D eigenvalue weighted by atomic mass is 32.1. The minimum absolute atomic E-state index is 0.0502. The fourth-order valence-electron chi connectivity index (χ4n) is 3.18. The Kier molecular flexibility index (Phi) is 4.27. The zero-order valence-electron chi connectivity index (χ0n) is 15.7. The van der Waals surface area contributed by atoms with Gasteiger partial charge in [0.1, 0.15) is 0 Å². The lowest BCUT2D eigenvalue weighted by molar-refractivity contribution is -0.124. The Morgan fingerprint density at radius 1 is 1.34 bits per heavy atom. The van der Waals surface area contributed by atoms with Crippen molar-refractivity contribution < 1.29 is 9.59 Å². The normalized spacial score (nSPS) is 19.0. The van der Waals surface area contributed by atoms with Crippen LogP contribution >= 0.6 is 11.3 Å². The molecule has 10 heteroatoms. The van der Waals surface area contributed by atoms with Crippen LogP contribution in [0.15, 0.2) is 29.3 Å². The lowest BCUT2D eigenvalue weighted by atomic mass is 10.1. The SMILES string of the molecule is CC(Nc1nc(NC2CC2)n2ncc(/C=C3\CC(=O)NC3=O)c2n1)c1cccs1. The number of nitrogens with one attached hydrogen (secondary N) is 3. The largest absolute Gasteiger partial charge is 0.351 e. The molecule has 0 radical (unpaired) electrons. The number of thiophene rings is 1. The molecule has 5 rings (SSSR count). The van der Waals surface area contributed by atoms with Crippen LogP contribution in [0.1, 0.15) is 42.7 Å². The summed E-state index contributed by atoms with van der Waals surface area (Å²) in [6, 6.07) is 4.51. The van der Waals surface area contributed by atoms with Gasteiger partial charge in [-0.3, -0.25) is 14.9 Å². The number of fused-ring (bicyclic) bond motifs is 1. The first-order chi connectivity index (χ1) is 14.1. The van der Waals surface area contributed by atoms with Crippen LogP contribution in [-0.2, 0) is 9.59 Å². The first kappa shape index (κ1) is 17.8. The molecular weight excluding hydrogens is 390 g/mol. The number of carbonyl (C=O) groups is 2. The Bertz CT molecular complexity index is 1130. The molecule has 29 heavy (non-hydrogen) atoms. The van der Waals surface area contributed by atoms with E-state index in [1.807, 2.05) is 11.4 Å². The number of amides is 2. The van der Waals surface area contributed by atoms with Crippen molar-refractivity contribution in [1.29, 1.82) is 0 Å². The third-order valence-corrected chi connectivity index (χ3v) is 5.90. The maximum absolute atomic E-state index is 11.9. The molecule has 3 aromatic heterocycles. The molecule has 2 amide bonds. The van der Waals surface area contributed by atoms with Crippen LogP contribution in [0.25, 0.3) is 11.7 Å². The second kappa shape index (κ2) is 6.96. The molecule has 0 spiro atoms. The van der Waals surface area contributed by atoms with Gasteiger partial charge in [-0.1, -0.05) is 6.07 Å². The van der Waals surface area contributed by atoms with E-state index in [0.717, 1.165) is 12.8 Å². The van der Waals surface area contributed by atoms with Gasteiger partial charge >= 0.3 is 0 Å². The van der Waals surface area contributed by atoms with E-state index in [0.29, 0.717) is 34.7 Å². The predicted molar refractivity (Wildman–Crippen MR) is 110 cm³/mol. The Balaban J connectivity index is 1.54. The smallest absolute Gasteiger partial charge is 0.254 e. The Morgan fingerprint density at radius 2 is 2.21 bits per heavy atom. The van der Waals surface area contributed by atoms with Crippen LogP contribution in [0.4, 0.5) is 11.9 Å². The van der Waals surface area contributed by atoms with Crippen molar-refractivity contribution in [2.45, 2.75) is 38.3 Å².